The molecule has 1 atom stereocenters. The number of likely N-dealkylation sites (tertiary alicyclic amines) is 2. The molecule has 38 heavy (non-hydrogen) atoms. The number of hydrogen-bond donors (Lipinski definition) is 2. The van der Waals surface area contributed by atoms with Gasteiger partial charge in [-0.05, 0) is 30.9 Å². The molecule has 2 N–H and O–H groups in total. The van der Waals surface area contributed by atoms with Crippen LogP contribution in [0.1, 0.15) is 24.8 Å². The third kappa shape index (κ3) is 10.3. The first-order valence-electron chi connectivity index (χ1n) is 11.4. The lowest BCUT2D eigenvalue weighted by Crippen LogP contribution is -2.58. The number of carbonyl (C=O) groups is 3. The van der Waals surface area contributed by atoms with Crippen molar-refractivity contribution in [1.29, 1.82) is 0 Å². The summed E-state index contributed by atoms with van der Waals surface area (Å²) in [5, 5.41) is 14.2. The number of rotatable bonds is 5. The van der Waals surface area contributed by atoms with Crippen molar-refractivity contribution in [3.05, 3.63) is 30.1 Å². The van der Waals surface area contributed by atoms with Gasteiger partial charge in [-0.25, -0.2) is 9.59 Å². The first-order valence-corrected chi connectivity index (χ1v) is 12.3. The van der Waals surface area contributed by atoms with Crippen LogP contribution in [-0.4, -0.2) is 105 Å². The summed E-state index contributed by atoms with van der Waals surface area (Å²) in [6, 6.07) is 4.13. The number of nitrogens with zero attached hydrogens (tertiary/aromatic N) is 3. The van der Waals surface area contributed by atoms with Crippen molar-refractivity contribution in [3.8, 4) is 0 Å². The highest BCUT2D eigenvalue weighted by molar-refractivity contribution is 8.01. The van der Waals surface area contributed by atoms with Crippen molar-refractivity contribution in [1.82, 2.24) is 14.8 Å². The molecule has 1 amide bonds. The number of aromatic nitrogens is 1. The lowest BCUT2D eigenvalue weighted by Gasteiger charge is -2.47. The van der Waals surface area contributed by atoms with Crippen molar-refractivity contribution in [2.24, 2.45) is 0 Å². The Bertz CT molecular complexity index is 914. The number of carboxylic acids is 2. The third-order valence-corrected chi connectivity index (χ3v) is 7.29. The van der Waals surface area contributed by atoms with Crippen LogP contribution in [0, 0.1) is 0 Å². The molecule has 4 heterocycles. The maximum Gasteiger partial charge on any atom is 0.490 e. The Labute approximate surface area is 218 Å². The molecule has 1 unspecified atom stereocenters. The lowest BCUT2D eigenvalue weighted by atomic mass is 9.92. The van der Waals surface area contributed by atoms with Gasteiger partial charge >= 0.3 is 24.3 Å². The largest absolute Gasteiger partial charge is 0.490 e. The summed E-state index contributed by atoms with van der Waals surface area (Å²) in [6.07, 6.45) is -2.81. The van der Waals surface area contributed by atoms with E-state index in [1.807, 2.05) is 35.1 Å². The van der Waals surface area contributed by atoms with Gasteiger partial charge in [0.05, 0.1) is 6.10 Å². The number of carboxylic acid groups (broad SMARTS) is 2. The minimum atomic E-state index is -5.08. The molecule has 3 saturated heterocycles. The summed E-state index contributed by atoms with van der Waals surface area (Å²) >= 11 is 2.03. The second-order valence-electron chi connectivity index (χ2n) is 8.83. The highest BCUT2D eigenvalue weighted by Crippen LogP contribution is 2.46. The molecule has 0 bridgehead atoms. The molecular weight excluding hydrogens is 548 g/mol. The van der Waals surface area contributed by atoms with Crippen molar-refractivity contribution < 1.29 is 55.7 Å². The van der Waals surface area contributed by atoms with E-state index in [9.17, 15) is 31.1 Å². The summed E-state index contributed by atoms with van der Waals surface area (Å²) in [7, 11) is 0. The number of amides is 1. The Hall–Kier alpha value is -2.59. The van der Waals surface area contributed by atoms with Crippen LogP contribution in [0.5, 0.6) is 0 Å². The van der Waals surface area contributed by atoms with Gasteiger partial charge in [0.2, 0.25) is 5.91 Å². The standard InChI is InChI=1S/C18H25N3O2S.2C2HF3O2/c22-17(21-6-1-2-7-21)11-23-16-8-18(24-12-16)13-20(14-18)10-15-4-3-5-19-9-15;2*3-2(4,5)1(6)7/h3-5,9,16H,1-2,6-8,10-14H2;2*(H,6,7). The molecule has 9 nitrogen and oxygen atoms in total. The predicted octanol–water partition coefficient (Wildman–Crippen LogP) is 3.05. The minimum Gasteiger partial charge on any atom is -0.475 e. The van der Waals surface area contributed by atoms with Gasteiger partial charge in [-0.1, -0.05) is 6.07 Å². The quantitative estimate of drug-likeness (QED) is 0.511. The molecule has 3 fully saturated rings. The van der Waals surface area contributed by atoms with Gasteiger partial charge in [0, 0.05) is 55.6 Å². The molecule has 3 aliphatic heterocycles. The number of halogens is 6. The summed E-state index contributed by atoms with van der Waals surface area (Å²) in [5.74, 6) is -4.32. The van der Waals surface area contributed by atoms with Gasteiger partial charge in [0.1, 0.15) is 6.61 Å². The lowest BCUT2D eigenvalue weighted by molar-refractivity contribution is -0.193. The topological polar surface area (TPSA) is 120 Å². The van der Waals surface area contributed by atoms with E-state index in [0.717, 1.165) is 57.7 Å². The molecule has 3 aliphatic rings. The van der Waals surface area contributed by atoms with E-state index in [4.69, 9.17) is 24.5 Å². The van der Waals surface area contributed by atoms with E-state index >= 15 is 0 Å². The van der Waals surface area contributed by atoms with E-state index in [1.54, 1.807) is 0 Å². The highest BCUT2D eigenvalue weighted by Gasteiger charge is 2.49. The fourth-order valence-electron chi connectivity index (χ4n) is 4.01. The summed E-state index contributed by atoms with van der Waals surface area (Å²) in [5.41, 5.74) is 1.28. The molecule has 0 saturated carbocycles. The Morgan fingerprint density at radius 2 is 1.61 bits per heavy atom. The smallest absolute Gasteiger partial charge is 0.475 e. The number of alkyl halides is 6. The number of thioether (sulfide) groups is 1. The average Bonchev–Trinajstić information content (AvgIpc) is 3.48. The molecule has 1 aromatic heterocycles. The van der Waals surface area contributed by atoms with Crippen LogP contribution in [0.3, 0.4) is 0 Å². The first-order chi connectivity index (χ1) is 17.6. The molecule has 1 aromatic rings. The van der Waals surface area contributed by atoms with Crippen molar-refractivity contribution in [2.75, 3.05) is 38.5 Å². The fourth-order valence-corrected chi connectivity index (χ4v) is 5.61. The Balaban J connectivity index is 0.000000301. The number of ether oxygens (including phenoxy) is 1. The molecule has 0 aliphatic carbocycles. The maximum absolute atomic E-state index is 12.1. The van der Waals surface area contributed by atoms with Crippen molar-refractivity contribution >= 4 is 29.6 Å². The third-order valence-electron chi connectivity index (χ3n) is 5.71. The molecule has 4 rings (SSSR count). The molecule has 0 aromatic carbocycles. The Morgan fingerprint density at radius 3 is 2.08 bits per heavy atom. The van der Waals surface area contributed by atoms with Gasteiger partial charge in [-0.15, -0.1) is 11.8 Å². The molecular formula is C22H27F6N3O6S. The summed E-state index contributed by atoms with van der Waals surface area (Å²) in [4.78, 5) is 38.5. The monoisotopic (exact) mass is 575 g/mol. The molecule has 214 valence electrons. The van der Waals surface area contributed by atoms with Crippen LogP contribution in [-0.2, 0) is 25.7 Å². The van der Waals surface area contributed by atoms with Crippen LogP contribution in [0.15, 0.2) is 24.5 Å². The minimum absolute atomic E-state index is 0.172. The van der Waals surface area contributed by atoms with Crippen molar-refractivity contribution in [2.45, 2.75) is 49.0 Å². The van der Waals surface area contributed by atoms with Crippen molar-refractivity contribution in [3.63, 3.8) is 0 Å². The van der Waals surface area contributed by atoms with Crippen LogP contribution < -0.4 is 0 Å². The van der Waals surface area contributed by atoms with Crippen LogP contribution in [0.4, 0.5) is 26.3 Å². The van der Waals surface area contributed by atoms with Gasteiger partial charge in [-0.3, -0.25) is 14.7 Å². The molecule has 0 radical (unpaired) electrons. The zero-order chi connectivity index (χ0) is 28.6. The number of hydrogen-bond acceptors (Lipinski definition) is 7. The SMILES string of the molecule is O=C(COC1CSC2(C1)CN(Cc1cccnc1)C2)N1CCCC1.O=C(O)C(F)(F)F.O=C(O)C(F)(F)F. The second kappa shape index (κ2) is 13.5. The number of carbonyl (C=O) groups excluding carboxylic acids is 1. The normalized spacial score (nSPS) is 20.6. The second-order valence-corrected chi connectivity index (χ2v) is 10.3. The number of aliphatic carboxylic acids is 2. The predicted molar refractivity (Wildman–Crippen MR) is 122 cm³/mol. The first kappa shape index (κ1) is 31.6. The Kier molecular flexibility index (Phi) is 11.2. The molecule has 1 spiro atoms. The zero-order valence-electron chi connectivity index (χ0n) is 20.0. The maximum atomic E-state index is 12.1. The highest BCUT2D eigenvalue weighted by atomic mass is 32.2. The fraction of sp³-hybridized carbons (Fsp3) is 0.636. The van der Waals surface area contributed by atoms with Gasteiger partial charge in [0.15, 0.2) is 0 Å². The van der Waals surface area contributed by atoms with Crippen LogP contribution in [0.2, 0.25) is 0 Å². The van der Waals surface area contributed by atoms with Gasteiger partial charge < -0.3 is 19.8 Å². The van der Waals surface area contributed by atoms with Gasteiger partial charge in [-0.2, -0.15) is 26.3 Å². The summed E-state index contributed by atoms with van der Waals surface area (Å²) in [6.45, 7) is 5.30. The number of pyridine rings is 1. The van der Waals surface area contributed by atoms with Crippen LogP contribution >= 0.6 is 11.8 Å². The summed E-state index contributed by atoms with van der Waals surface area (Å²) < 4.78 is 69.7. The van der Waals surface area contributed by atoms with E-state index in [2.05, 4.69) is 16.0 Å². The molecule has 16 heteroatoms. The average molecular weight is 576 g/mol. The van der Waals surface area contributed by atoms with E-state index in [-0.39, 0.29) is 18.6 Å². The van der Waals surface area contributed by atoms with Crippen LogP contribution in [0.25, 0.3) is 0 Å². The van der Waals surface area contributed by atoms with E-state index in [0.29, 0.717) is 4.75 Å². The van der Waals surface area contributed by atoms with Gasteiger partial charge in [0.25, 0.3) is 0 Å². The zero-order valence-corrected chi connectivity index (χ0v) is 20.8. The Morgan fingerprint density at radius 1 is 1.05 bits per heavy atom. The van der Waals surface area contributed by atoms with E-state index < -0.39 is 24.3 Å². The van der Waals surface area contributed by atoms with E-state index in [1.165, 1.54) is 5.56 Å².